The molecule has 0 atom stereocenters. The monoisotopic (exact) mass is 382 g/mol. The lowest BCUT2D eigenvalue weighted by Crippen LogP contribution is -2.24. The van der Waals surface area contributed by atoms with E-state index < -0.39 is 0 Å². The predicted octanol–water partition coefficient (Wildman–Crippen LogP) is 7.46. The first-order chi connectivity index (χ1) is 12.8. The number of aryl methyl sites for hydroxylation is 3. The van der Waals surface area contributed by atoms with Gasteiger partial charge in [0.25, 0.3) is 0 Å². The number of hydrogen-bond acceptors (Lipinski definition) is 2. The van der Waals surface area contributed by atoms with Crippen LogP contribution in [0.5, 0.6) is 0 Å². The summed E-state index contributed by atoms with van der Waals surface area (Å²) in [5, 5.41) is 0. The predicted molar refractivity (Wildman–Crippen MR) is 119 cm³/mol. The molecule has 1 aromatic carbocycles. The van der Waals surface area contributed by atoms with Gasteiger partial charge in [0, 0.05) is 11.0 Å². The summed E-state index contributed by atoms with van der Waals surface area (Å²) in [6, 6.07) is 4.41. The second kappa shape index (κ2) is 8.27. The number of hydrogen-bond donors (Lipinski definition) is 0. The molecule has 0 aromatic heterocycles. The first-order valence-corrected chi connectivity index (χ1v) is 10.5. The van der Waals surface area contributed by atoms with Gasteiger partial charge < -0.3 is 4.74 Å². The average molecular weight is 383 g/mol. The van der Waals surface area contributed by atoms with Gasteiger partial charge in [-0.25, -0.2) is 0 Å². The number of esters is 1. The summed E-state index contributed by atoms with van der Waals surface area (Å²) in [5.41, 5.74) is 6.61. The highest BCUT2D eigenvalue weighted by Crippen LogP contribution is 2.49. The van der Waals surface area contributed by atoms with Crippen LogP contribution < -0.4 is 0 Å². The van der Waals surface area contributed by atoms with Crippen LogP contribution in [0.15, 0.2) is 30.0 Å². The molecule has 0 aliphatic heterocycles. The maximum Gasteiger partial charge on any atom is 0.311 e. The maximum absolute atomic E-state index is 12.9. The summed E-state index contributed by atoms with van der Waals surface area (Å²) in [7, 11) is 0. The highest BCUT2D eigenvalue weighted by molar-refractivity contribution is 5.85. The first kappa shape index (κ1) is 22.5. The van der Waals surface area contributed by atoms with Gasteiger partial charge in [-0.2, -0.15) is 0 Å². The van der Waals surface area contributed by atoms with Crippen molar-refractivity contribution in [3.05, 3.63) is 52.3 Å². The standard InChI is InChI=1S/C26H38O2/c1-17(2)22(23-19(4)14-18(3)15-20(23)5)24(26(9)12-10-11-13-26)28-21(27)16-25(6,7)8/h14-15H,1,10-13,16H2,2-9H3/b24-22-. The van der Waals surface area contributed by atoms with E-state index in [0.29, 0.717) is 6.42 Å². The van der Waals surface area contributed by atoms with Crippen molar-refractivity contribution in [2.24, 2.45) is 10.8 Å². The maximum atomic E-state index is 12.9. The van der Waals surface area contributed by atoms with Crippen molar-refractivity contribution >= 4 is 11.5 Å². The molecule has 2 heteroatoms. The van der Waals surface area contributed by atoms with Gasteiger partial charge in [0.05, 0.1) is 6.42 Å². The third-order valence-corrected chi connectivity index (χ3v) is 5.73. The van der Waals surface area contributed by atoms with E-state index in [1.54, 1.807) is 0 Å². The van der Waals surface area contributed by atoms with Crippen LogP contribution in [0.25, 0.3) is 5.57 Å². The molecule has 154 valence electrons. The van der Waals surface area contributed by atoms with E-state index in [4.69, 9.17) is 4.74 Å². The minimum absolute atomic E-state index is 0.0994. The molecule has 1 aliphatic rings. The van der Waals surface area contributed by atoms with E-state index in [0.717, 1.165) is 29.7 Å². The molecular formula is C26H38O2. The highest BCUT2D eigenvalue weighted by Gasteiger charge is 2.38. The van der Waals surface area contributed by atoms with Gasteiger partial charge in [0.15, 0.2) is 0 Å². The number of allylic oxidation sites excluding steroid dienone is 3. The Balaban J connectivity index is 2.70. The van der Waals surface area contributed by atoms with Crippen molar-refractivity contribution in [3.63, 3.8) is 0 Å². The highest BCUT2D eigenvalue weighted by atomic mass is 16.5. The van der Waals surface area contributed by atoms with Crippen LogP contribution in [-0.4, -0.2) is 5.97 Å². The zero-order chi connectivity index (χ0) is 21.3. The molecule has 1 saturated carbocycles. The van der Waals surface area contributed by atoms with Crippen molar-refractivity contribution in [1.29, 1.82) is 0 Å². The molecule has 0 unspecified atom stereocenters. The quantitative estimate of drug-likeness (QED) is 0.300. The Morgan fingerprint density at radius 2 is 1.61 bits per heavy atom. The van der Waals surface area contributed by atoms with Crippen molar-refractivity contribution in [2.45, 2.75) is 87.5 Å². The van der Waals surface area contributed by atoms with Gasteiger partial charge >= 0.3 is 5.97 Å². The summed E-state index contributed by atoms with van der Waals surface area (Å²) in [6.45, 7) is 21.2. The summed E-state index contributed by atoms with van der Waals surface area (Å²) >= 11 is 0. The molecule has 0 radical (unpaired) electrons. The molecular weight excluding hydrogens is 344 g/mol. The van der Waals surface area contributed by atoms with Crippen molar-refractivity contribution in [3.8, 4) is 0 Å². The Bertz CT molecular complexity index is 773. The summed E-state index contributed by atoms with van der Waals surface area (Å²) in [5.74, 6) is 0.693. The molecule has 0 saturated heterocycles. The van der Waals surface area contributed by atoms with Crippen molar-refractivity contribution in [2.75, 3.05) is 0 Å². The largest absolute Gasteiger partial charge is 0.430 e. The molecule has 1 aromatic rings. The Labute approximate surface area is 172 Å². The molecule has 1 aliphatic carbocycles. The van der Waals surface area contributed by atoms with E-state index in [1.165, 1.54) is 35.1 Å². The second-order valence-electron chi connectivity index (χ2n) is 10.2. The molecule has 28 heavy (non-hydrogen) atoms. The fourth-order valence-corrected chi connectivity index (χ4v) is 4.54. The molecule has 2 rings (SSSR count). The zero-order valence-corrected chi connectivity index (χ0v) is 19.2. The van der Waals surface area contributed by atoms with Crippen LogP contribution in [0.4, 0.5) is 0 Å². The second-order valence-corrected chi connectivity index (χ2v) is 10.2. The fourth-order valence-electron chi connectivity index (χ4n) is 4.54. The Hall–Kier alpha value is -1.83. The molecule has 2 nitrogen and oxygen atoms in total. The first-order valence-electron chi connectivity index (χ1n) is 10.5. The summed E-state index contributed by atoms with van der Waals surface area (Å²) in [6.07, 6.45) is 4.85. The Kier molecular flexibility index (Phi) is 6.63. The third-order valence-electron chi connectivity index (χ3n) is 5.73. The summed E-state index contributed by atoms with van der Waals surface area (Å²) in [4.78, 5) is 12.9. The minimum Gasteiger partial charge on any atom is -0.430 e. The summed E-state index contributed by atoms with van der Waals surface area (Å²) < 4.78 is 6.21. The minimum atomic E-state index is -0.142. The van der Waals surface area contributed by atoms with Gasteiger partial charge in [-0.3, -0.25) is 4.79 Å². The SMILES string of the molecule is C=C(C)/C(=C(/OC(=O)CC(C)(C)C)C1(C)CCCC1)c1c(C)cc(C)cc1C. The van der Waals surface area contributed by atoms with Gasteiger partial charge in [0.2, 0.25) is 0 Å². The topological polar surface area (TPSA) is 26.3 Å². The number of ether oxygens (including phenoxy) is 1. The number of benzene rings is 1. The molecule has 0 bridgehead atoms. The molecule has 0 heterocycles. The Morgan fingerprint density at radius 1 is 1.11 bits per heavy atom. The fraction of sp³-hybridized carbons (Fsp3) is 0.577. The Morgan fingerprint density at radius 3 is 2.04 bits per heavy atom. The average Bonchev–Trinajstić information content (AvgIpc) is 2.94. The van der Waals surface area contributed by atoms with Crippen LogP contribution in [0.3, 0.4) is 0 Å². The number of carbonyl (C=O) groups is 1. The smallest absolute Gasteiger partial charge is 0.311 e. The van der Waals surface area contributed by atoms with E-state index in [9.17, 15) is 4.79 Å². The van der Waals surface area contributed by atoms with Crippen LogP contribution in [0.2, 0.25) is 0 Å². The van der Waals surface area contributed by atoms with Gasteiger partial charge in [-0.15, -0.1) is 0 Å². The number of rotatable bonds is 5. The van der Waals surface area contributed by atoms with Crippen molar-refractivity contribution < 1.29 is 9.53 Å². The number of carbonyl (C=O) groups excluding carboxylic acids is 1. The lowest BCUT2D eigenvalue weighted by Gasteiger charge is -2.31. The van der Waals surface area contributed by atoms with Gasteiger partial charge in [0.1, 0.15) is 5.76 Å². The molecule has 0 spiro atoms. The lowest BCUT2D eigenvalue weighted by molar-refractivity contribution is -0.143. The molecule has 1 fully saturated rings. The van der Waals surface area contributed by atoms with E-state index >= 15 is 0 Å². The van der Waals surface area contributed by atoms with E-state index in [1.807, 2.05) is 6.92 Å². The van der Waals surface area contributed by atoms with Gasteiger partial charge in [-0.1, -0.05) is 64.8 Å². The molecule has 0 amide bonds. The normalized spacial score (nSPS) is 17.3. The molecule has 0 N–H and O–H groups in total. The van der Waals surface area contributed by atoms with E-state index in [2.05, 4.69) is 67.2 Å². The van der Waals surface area contributed by atoms with Crippen LogP contribution in [0, 0.1) is 31.6 Å². The van der Waals surface area contributed by atoms with Crippen molar-refractivity contribution in [1.82, 2.24) is 0 Å². The zero-order valence-electron chi connectivity index (χ0n) is 19.2. The van der Waals surface area contributed by atoms with Crippen LogP contribution >= 0.6 is 0 Å². The van der Waals surface area contributed by atoms with E-state index in [-0.39, 0.29) is 16.8 Å². The van der Waals surface area contributed by atoms with Crippen LogP contribution in [-0.2, 0) is 9.53 Å². The van der Waals surface area contributed by atoms with Gasteiger partial charge in [-0.05, 0) is 68.2 Å². The third kappa shape index (κ3) is 5.16. The van der Waals surface area contributed by atoms with Crippen LogP contribution in [0.1, 0.15) is 89.0 Å². The lowest BCUT2D eigenvalue weighted by atomic mass is 9.79.